The molecule has 7 nitrogen and oxygen atoms in total. The summed E-state index contributed by atoms with van der Waals surface area (Å²) < 4.78 is 0.870. The van der Waals surface area contributed by atoms with E-state index in [0.717, 1.165) is 16.3 Å². The summed E-state index contributed by atoms with van der Waals surface area (Å²) in [4.78, 5) is 23.6. The van der Waals surface area contributed by atoms with E-state index < -0.39 is 10.8 Å². The van der Waals surface area contributed by atoms with Gasteiger partial charge in [-0.2, -0.15) is 5.10 Å². The third-order valence-corrected chi connectivity index (χ3v) is 6.01. The minimum atomic E-state index is -0.533. The lowest BCUT2D eigenvalue weighted by Gasteiger charge is -2.05. The van der Waals surface area contributed by atoms with Crippen LogP contribution in [0.1, 0.15) is 15.2 Å². The van der Waals surface area contributed by atoms with Crippen molar-refractivity contribution >= 4 is 61.6 Å². The molecule has 0 atom stereocenters. The van der Waals surface area contributed by atoms with Crippen molar-refractivity contribution < 1.29 is 14.8 Å². The monoisotopic (exact) mass is 425 g/mol. The predicted octanol–water partition coefficient (Wildman–Crippen LogP) is 5.09. The molecule has 9 heteroatoms. The number of amides is 1. The van der Waals surface area contributed by atoms with Gasteiger partial charge >= 0.3 is 0 Å². The van der Waals surface area contributed by atoms with Crippen LogP contribution in [0.2, 0.25) is 5.02 Å². The third-order valence-electron chi connectivity index (χ3n) is 4.33. The van der Waals surface area contributed by atoms with Gasteiger partial charge in [0.1, 0.15) is 10.6 Å². The molecule has 0 saturated carbocycles. The number of aromatic hydroxyl groups is 1. The number of hydrogen-bond acceptors (Lipinski definition) is 6. The van der Waals surface area contributed by atoms with Crippen molar-refractivity contribution in [2.75, 3.05) is 0 Å². The largest absolute Gasteiger partial charge is 0.507 e. The summed E-state index contributed by atoms with van der Waals surface area (Å²) in [5.41, 5.74) is 2.29. The molecule has 0 aliphatic heterocycles. The van der Waals surface area contributed by atoms with Gasteiger partial charge < -0.3 is 5.11 Å². The van der Waals surface area contributed by atoms with Crippen LogP contribution < -0.4 is 5.43 Å². The Bertz CT molecular complexity index is 1320. The lowest BCUT2D eigenvalue weighted by atomic mass is 10.0. The summed E-state index contributed by atoms with van der Waals surface area (Å²) in [5.74, 6) is -0.675. The summed E-state index contributed by atoms with van der Waals surface area (Å²) in [5, 5.41) is 27.4. The fourth-order valence-corrected chi connectivity index (χ4v) is 4.39. The van der Waals surface area contributed by atoms with Crippen molar-refractivity contribution in [1.82, 2.24) is 5.43 Å². The first-order valence-corrected chi connectivity index (χ1v) is 9.56. The highest BCUT2D eigenvalue weighted by atomic mass is 35.5. The van der Waals surface area contributed by atoms with Crippen molar-refractivity contribution in [2.45, 2.75) is 0 Å². The van der Waals surface area contributed by atoms with E-state index in [9.17, 15) is 20.0 Å². The van der Waals surface area contributed by atoms with Gasteiger partial charge in [-0.05, 0) is 12.1 Å². The number of thiophene rings is 1. The van der Waals surface area contributed by atoms with Crippen LogP contribution in [0.4, 0.5) is 5.69 Å². The van der Waals surface area contributed by atoms with E-state index in [1.807, 2.05) is 24.3 Å². The van der Waals surface area contributed by atoms with Gasteiger partial charge in [0, 0.05) is 27.1 Å². The fraction of sp³-hybridized carbons (Fsp3) is 0. The Morgan fingerprint density at radius 3 is 2.48 bits per heavy atom. The summed E-state index contributed by atoms with van der Waals surface area (Å²) >= 11 is 7.51. The number of nitro benzene ring substituents is 1. The molecule has 4 rings (SSSR count). The van der Waals surface area contributed by atoms with E-state index in [1.54, 1.807) is 24.3 Å². The number of benzene rings is 3. The second-order valence-electron chi connectivity index (χ2n) is 6.08. The number of hydrogen-bond donors (Lipinski definition) is 2. The zero-order valence-corrected chi connectivity index (χ0v) is 16.2. The molecule has 0 fully saturated rings. The molecule has 1 amide bonds. The topological polar surface area (TPSA) is 105 Å². The molecule has 3 aromatic carbocycles. The van der Waals surface area contributed by atoms with Gasteiger partial charge in [-0.3, -0.25) is 14.9 Å². The fourth-order valence-electron chi connectivity index (χ4n) is 2.98. The maximum atomic E-state index is 12.4. The first kappa shape index (κ1) is 18.9. The van der Waals surface area contributed by atoms with Gasteiger partial charge in [0.15, 0.2) is 0 Å². The van der Waals surface area contributed by atoms with E-state index in [4.69, 9.17) is 11.6 Å². The van der Waals surface area contributed by atoms with E-state index in [2.05, 4.69) is 10.5 Å². The van der Waals surface area contributed by atoms with E-state index in [0.29, 0.717) is 20.7 Å². The number of fused-ring (bicyclic) bond motifs is 2. The van der Waals surface area contributed by atoms with E-state index >= 15 is 0 Å². The molecule has 0 aliphatic rings. The Morgan fingerprint density at radius 1 is 1.14 bits per heavy atom. The maximum absolute atomic E-state index is 12.4. The van der Waals surface area contributed by atoms with Gasteiger partial charge in [-0.1, -0.05) is 48.0 Å². The number of rotatable bonds is 4. The summed E-state index contributed by atoms with van der Waals surface area (Å²) in [6, 6.07) is 15.0. The van der Waals surface area contributed by atoms with Crippen LogP contribution in [0, 0.1) is 10.1 Å². The van der Waals surface area contributed by atoms with Crippen LogP contribution in [0.25, 0.3) is 20.9 Å². The molecule has 1 aromatic heterocycles. The van der Waals surface area contributed by atoms with Crippen molar-refractivity contribution in [3.8, 4) is 5.75 Å². The Labute approximate surface area is 173 Å². The Hall–Kier alpha value is -3.49. The average molecular weight is 426 g/mol. The minimum Gasteiger partial charge on any atom is -0.507 e. The van der Waals surface area contributed by atoms with Crippen LogP contribution in [-0.2, 0) is 0 Å². The number of halogens is 1. The highest BCUT2D eigenvalue weighted by molar-refractivity contribution is 7.21. The zero-order valence-electron chi connectivity index (χ0n) is 14.6. The normalized spacial score (nSPS) is 11.3. The van der Waals surface area contributed by atoms with E-state index in [-0.39, 0.29) is 17.0 Å². The molecule has 2 N–H and O–H groups in total. The number of carbonyl (C=O) groups excluding carboxylic acids is 1. The molecule has 144 valence electrons. The molecule has 29 heavy (non-hydrogen) atoms. The Morgan fingerprint density at radius 2 is 1.79 bits per heavy atom. The highest BCUT2D eigenvalue weighted by Crippen LogP contribution is 2.36. The standard InChI is InChI=1S/C20H12ClN3O4S/c21-17-14-7-3-4-8-16(14)29-19(17)20(26)23-22-10-11-9-15(24(27)28)12-5-1-2-6-13(12)18(11)25/h1-10,25H,(H,23,26). The number of nitro groups is 1. The van der Waals surface area contributed by atoms with Gasteiger partial charge in [-0.25, -0.2) is 5.43 Å². The summed E-state index contributed by atoms with van der Waals surface area (Å²) in [6.45, 7) is 0. The van der Waals surface area contributed by atoms with Crippen LogP contribution in [0.5, 0.6) is 5.75 Å². The number of nitrogens with zero attached hydrogens (tertiary/aromatic N) is 2. The SMILES string of the molecule is O=C(NN=Cc1cc([N+](=O)[O-])c2ccccc2c1O)c1sc2ccccc2c1Cl. The molecule has 0 radical (unpaired) electrons. The number of carbonyl (C=O) groups is 1. The lowest BCUT2D eigenvalue weighted by molar-refractivity contribution is -0.383. The van der Waals surface area contributed by atoms with Crippen LogP contribution >= 0.6 is 22.9 Å². The van der Waals surface area contributed by atoms with Gasteiger partial charge in [0.05, 0.1) is 21.5 Å². The number of phenols is 1. The van der Waals surface area contributed by atoms with Crippen molar-refractivity contribution in [3.63, 3.8) is 0 Å². The van der Waals surface area contributed by atoms with E-state index in [1.165, 1.54) is 17.4 Å². The second-order valence-corrected chi connectivity index (χ2v) is 7.51. The molecular weight excluding hydrogens is 414 g/mol. The smallest absolute Gasteiger partial charge is 0.283 e. The van der Waals surface area contributed by atoms with Gasteiger partial charge in [0.2, 0.25) is 0 Å². The average Bonchev–Trinajstić information content (AvgIpc) is 3.06. The molecule has 0 unspecified atom stereocenters. The molecular formula is C20H12ClN3O4S. The lowest BCUT2D eigenvalue weighted by Crippen LogP contribution is -2.16. The molecule has 0 spiro atoms. The Balaban J connectivity index is 1.64. The molecule has 1 heterocycles. The molecule has 0 bridgehead atoms. The number of nitrogens with one attached hydrogen (secondary N) is 1. The van der Waals surface area contributed by atoms with Crippen LogP contribution in [0.15, 0.2) is 59.7 Å². The number of hydrazone groups is 1. The molecule has 4 aromatic rings. The van der Waals surface area contributed by atoms with Gasteiger partial charge in [-0.15, -0.1) is 11.3 Å². The third kappa shape index (κ3) is 3.39. The predicted molar refractivity (Wildman–Crippen MR) is 114 cm³/mol. The van der Waals surface area contributed by atoms with Crippen molar-refractivity contribution in [1.29, 1.82) is 0 Å². The first-order valence-electron chi connectivity index (χ1n) is 8.37. The number of phenolic OH excluding ortho intramolecular Hbond substituents is 1. The molecule has 0 saturated heterocycles. The molecule has 0 aliphatic carbocycles. The zero-order chi connectivity index (χ0) is 20.5. The first-order chi connectivity index (χ1) is 14.0. The quantitative estimate of drug-likeness (QED) is 0.270. The van der Waals surface area contributed by atoms with Crippen LogP contribution in [-0.4, -0.2) is 22.2 Å². The Kier molecular flexibility index (Phi) is 4.87. The van der Waals surface area contributed by atoms with Crippen LogP contribution in [0.3, 0.4) is 0 Å². The van der Waals surface area contributed by atoms with Crippen molar-refractivity contribution in [2.24, 2.45) is 5.10 Å². The van der Waals surface area contributed by atoms with Crippen molar-refractivity contribution in [3.05, 3.63) is 80.2 Å². The summed E-state index contributed by atoms with van der Waals surface area (Å²) in [7, 11) is 0. The second kappa shape index (κ2) is 7.50. The highest BCUT2D eigenvalue weighted by Gasteiger charge is 2.18. The minimum absolute atomic E-state index is 0.109. The maximum Gasteiger partial charge on any atom is 0.283 e. The van der Waals surface area contributed by atoms with Gasteiger partial charge in [0.25, 0.3) is 11.6 Å². The number of non-ortho nitro benzene ring substituents is 1. The summed E-state index contributed by atoms with van der Waals surface area (Å²) in [6.07, 6.45) is 1.16.